The lowest BCUT2D eigenvalue weighted by molar-refractivity contribution is 0.330. The zero-order chi connectivity index (χ0) is 18.6. The third-order valence-corrected chi connectivity index (χ3v) is 4.59. The Hall–Kier alpha value is -3.80. The first-order chi connectivity index (χ1) is 12.4. The number of nitrogens with two attached hydrogens (primary N) is 1. The van der Waals surface area contributed by atoms with Crippen molar-refractivity contribution in [1.29, 1.82) is 0 Å². The monoisotopic (exact) mass is 349 g/mol. The number of phenolic OH excluding ortho intramolecular Hbond substituents is 5. The molecule has 6 nitrogen and oxygen atoms in total. The van der Waals surface area contributed by atoms with E-state index in [1.807, 2.05) is 12.1 Å². The molecule has 0 aliphatic heterocycles. The molecule has 4 aromatic rings. The van der Waals surface area contributed by atoms with Crippen LogP contribution < -0.4 is 5.73 Å². The van der Waals surface area contributed by atoms with Gasteiger partial charge in [0.15, 0.2) is 11.5 Å². The number of hydrogen-bond donors (Lipinski definition) is 6. The van der Waals surface area contributed by atoms with Gasteiger partial charge in [-0.3, -0.25) is 0 Å². The molecule has 4 aromatic carbocycles. The SMILES string of the molecule is Nc1c2ccccc2c(-c2c(O)c(O)c(O)c(O)c2O)c2ccccc12. The minimum Gasteiger partial charge on any atom is -0.504 e. The van der Waals surface area contributed by atoms with Crippen molar-refractivity contribution in [3.63, 3.8) is 0 Å². The van der Waals surface area contributed by atoms with E-state index in [2.05, 4.69) is 0 Å². The lowest BCUT2D eigenvalue weighted by atomic mass is 9.89. The van der Waals surface area contributed by atoms with Crippen LogP contribution in [0.25, 0.3) is 32.7 Å². The molecule has 0 amide bonds. The summed E-state index contributed by atoms with van der Waals surface area (Å²) in [6, 6.07) is 14.3. The van der Waals surface area contributed by atoms with Crippen LogP contribution in [0.5, 0.6) is 28.7 Å². The van der Waals surface area contributed by atoms with Crippen molar-refractivity contribution in [2.45, 2.75) is 0 Å². The number of nitrogen functional groups attached to an aromatic ring is 1. The number of benzene rings is 4. The number of phenols is 5. The maximum absolute atomic E-state index is 10.4. The largest absolute Gasteiger partial charge is 0.504 e. The van der Waals surface area contributed by atoms with Crippen LogP contribution in [0.1, 0.15) is 0 Å². The molecule has 0 aliphatic carbocycles. The predicted octanol–water partition coefficient (Wildman–Crippen LogP) is 3.77. The zero-order valence-corrected chi connectivity index (χ0v) is 13.4. The van der Waals surface area contributed by atoms with Gasteiger partial charge >= 0.3 is 0 Å². The minimum atomic E-state index is -0.993. The molecule has 0 atom stereocenters. The highest BCUT2D eigenvalue weighted by molar-refractivity contribution is 6.21. The summed E-state index contributed by atoms with van der Waals surface area (Å²) in [7, 11) is 0. The number of fused-ring (bicyclic) bond motifs is 2. The van der Waals surface area contributed by atoms with E-state index in [1.165, 1.54) is 0 Å². The topological polar surface area (TPSA) is 127 Å². The van der Waals surface area contributed by atoms with Gasteiger partial charge in [0, 0.05) is 22.0 Å². The Kier molecular flexibility index (Phi) is 3.23. The highest BCUT2D eigenvalue weighted by atomic mass is 16.4. The first kappa shape index (κ1) is 15.7. The van der Waals surface area contributed by atoms with E-state index >= 15 is 0 Å². The van der Waals surface area contributed by atoms with Gasteiger partial charge in [-0.25, -0.2) is 0 Å². The summed E-state index contributed by atoms with van der Waals surface area (Å²) < 4.78 is 0. The van der Waals surface area contributed by atoms with Gasteiger partial charge in [-0.1, -0.05) is 48.5 Å². The summed E-state index contributed by atoms with van der Waals surface area (Å²) >= 11 is 0. The second-order valence-corrected chi connectivity index (χ2v) is 6.00. The first-order valence-corrected chi connectivity index (χ1v) is 7.81. The molecule has 4 rings (SSSR count). The van der Waals surface area contributed by atoms with Crippen molar-refractivity contribution >= 4 is 27.2 Å². The van der Waals surface area contributed by atoms with Gasteiger partial charge in [-0.05, 0) is 10.8 Å². The van der Waals surface area contributed by atoms with Crippen molar-refractivity contribution in [2.24, 2.45) is 0 Å². The Morgan fingerprint density at radius 2 is 0.808 bits per heavy atom. The van der Waals surface area contributed by atoms with Gasteiger partial charge in [-0.15, -0.1) is 0 Å². The van der Waals surface area contributed by atoms with Gasteiger partial charge in [0.05, 0.1) is 5.56 Å². The molecule has 0 radical (unpaired) electrons. The van der Waals surface area contributed by atoms with Gasteiger partial charge in [-0.2, -0.15) is 0 Å². The standard InChI is InChI=1S/C20H15NO5/c21-15-11-7-3-1-5-9(11)13(10-6-2-4-8-12(10)15)14-16(22)18(24)20(26)19(25)17(14)23/h1-8,22-26H,21H2. The molecule has 130 valence electrons. The van der Waals surface area contributed by atoms with Crippen LogP contribution in [0.15, 0.2) is 48.5 Å². The van der Waals surface area contributed by atoms with E-state index in [-0.39, 0.29) is 5.56 Å². The number of anilines is 1. The van der Waals surface area contributed by atoms with Crippen molar-refractivity contribution in [2.75, 3.05) is 5.73 Å². The highest BCUT2D eigenvalue weighted by Gasteiger charge is 2.27. The molecule has 0 spiro atoms. The van der Waals surface area contributed by atoms with Crippen LogP contribution in [0.4, 0.5) is 5.69 Å². The van der Waals surface area contributed by atoms with Crippen molar-refractivity contribution in [1.82, 2.24) is 0 Å². The van der Waals surface area contributed by atoms with Crippen molar-refractivity contribution < 1.29 is 25.5 Å². The number of hydrogen-bond acceptors (Lipinski definition) is 6. The first-order valence-electron chi connectivity index (χ1n) is 7.81. The van der Waals surface area contributed by atoms with E-state index in [0.29, 0.717) is 32.8 Å². The quantitative estimate of drug-likeness (QED) is 0.134. The molecule has 0 fully saturated rings. The lowest BCUT2D eigenvalue weighted by Crippen LogP contribution is -1.94. The van der Waals surface area contributed by atoms with Crippen LogP contribution >= 0.6 is 0 Å². The summed E-state index contributed by atoms with van der Waals surface area (Å²) in [5.41, 5.74) is 7.02. The Bertz CT molecular complexity index is 1110. The Labute approximate surface area is 147 Å². The number of aromatic hydroxyl groups is 5. The molecule has 0 aliphatic rings. The fourth-order valence-electron chi connectivity index (χ4n) is 3.35. The van der Waals surface area contributed by atoms with Gasteiger partial charge in [0.2, 0.25) is 17.2 Å². The third kappa shape index (κ3) is 1.92. The maximum Gasteiger partial charge on any atom is 0.208 e. The highest BCUT2D eigenvalue weighted by Crippen LogP contribution is 2.57. The molecule has 0 unspecified atom stereocenters. The van der Waals surface area contributed by atoms with Crippen molar-refractivity contribution in [3.05, 3.63) is 48.5 Å². The smallest absolute Gasteiger partial charge is 0.208 e. The van der Waals surface area contributed by atoms with Crippen LogP contribution in [-0.2, 0) is 0 Å². The fraction of sp³-hybridized carbons (Fsp3) is 0. The van der Waals surface area contributed by atoms with Crippen LogP contribution in [-0.4, -0.2) is 25.5 Å². The molecular weight excluding hydrogens is 334 g/mol. The van der Waals surface area contributed by atoms with Crippen LogP contribution in [0, 0.1) is 0 Å². The second-order valence-electron chi connectivity index (χ2n) is 6.00. The average Bonchev–Trinajstić information content (AvgIpc) is 2.67. The lowest BCUT2D eigenvalue weighted by Gasteiger charge is -2.18. The molecule has 0 bridgehead atoms. The maximum atomic E-state index is 10.4. The van der Waals surface area contributed by atoms with E-state index in [1.54, 1.807) is 36.4 Å². The zero-order valence-electron chi connectivity index (χ0n) is 13.4. The van der Waals surface area contributed by atoms with Gasteiger partial charge < -0.3 is 31.3 Å². The van der Waals surface area contributed by atoms with Crippen LogP contribution in [0.3, 0.4) is 0 Å². The Morgan fingerprint density at radius 1 is 0.462 bits per heavy atom. The third-order valence-electron chi connectivity index (χ3n) is 4.59. The van der Waals surface area contributed by atoms with E-state index < -0.39 is 28.7 Å². The van der Waals surface area contributed by atoms with E-state index in [4.69, 9.17) is 5.73 Å². The minimum absolute atomic E-state index is 0.190. The van der Waals surface area contributed by atoms with Gasteiger partial charge in [0.1, 0.15) is 0 Å². The molecule has 0 saturated carbocycles. The van der Waals surface area contributed by atoms with E-state index in [0.717, 1.165) is 0 Å². The molecule has 0 heterocycles. The molecule has 0 saturated heterocycles. The Morgan fingerprint density at radius 3 is 1.23 bits per heavy atom. The predicted molar refractivity (Wildman–Crippen MR) is 99.6 cm³/mol. The molecule has 6 heteroatoms. The molecule has 26 heavy (non-hydrogen) atoms. The summed E-state index contributed by atoms with van der Waals surface area (Å²) in [4.78, 5) is 0. The van der Waals surface area contributed by atoms with Gasteiger partial charge in [0.25, 0.3) is 0 Å². The Balaban J connectivity index is 2.32. The summed E-state index contributed by atoms with van der Waals surface area (Å²) in [5.74, 6) is -4.30. The fourth-order valence-corrected chi connectivity index (χ4v) is 3.35. The van der Waals surface area contributed by atoms with Crippen molar-refractivity contribution in [3.8, 4) is 39.9 Å². The molecular formula is C20H15NO5. The molecule has 7 N–H and O–H groups in total. The molecule has 0 aromatic heterocycles. The van der Waals surface area contributed by atoms with Crippen LogP contribution in [0.2, 0.25) is 0 Å². The average molecular weight is 349 g/mol. The summed E-state index contributed by atoms with van der Waals surface area (Å²) in [6.45, 7) is 0. The summed E-state index contributed by atoms with van der Waals surface area (Å²) in [6.07, 6.45) is 0. The number of rotatable bonds is 1. The van der Waals surface area contributed by atoms with E-state index in [9.17, 15) is 25.5 Å². The normalized spacial score (nSPS) is 11.2. The second kappa shape index (κ2) is 5.35. The summed E-state index contributed by atoms with van der Waals surface area (Å²) in [5, 5.41) is 53.0.